The van der Waals surface area contributed by atoms with Gasteiger partial charge in [0.15, 0.2) is 41.0 Å². The number of aromatic amines is 2. The van der Waals surface area contributed by atoms with E-state index in [4.69, 9.17) is 24.3 Å². The standard InChI is InChI=1S/C19H23FN11O9PS/c20-9-12(33)8(39-18(9)30-13-10(26-28-30)15(34)23-5-22-13)4-37-41(36,42)40-7-3-6(1-2-32)38-17(7)31-14-11(27-29-31)16(35)25-19(21)24-14/h5-9,12,17-18,32-33H,1-4H2,(H,36,42)(H,22,23,34)(H3,21,24,25,35)/t6-,7-,8-,9+,12-,17-,18-,41?/m1/s1. The molecule has 4 aromatic rings. The molecule has 0 saturated carbocycles. The number of halogens is 1. The number of thiol groups is 1. The van der Waals surface area contributed by atoms with E-state index >= 15 is 4.39 Å². The van der Waals surface area contributed by atoms with Gasteiger partial charge >= 0.3 is 6.80 Å². The van der Waals surface area contributed by atoms with Crippen molar-refractivity contribution in [2.75, 3.05) is 18.9 Å². The maximum atomic E-state index is 15.0. The minimum absolute atomic E-state index is 0.0333. The summed E-state index contributed by atoms with van der Waals surface area (Å²) in [5.74, 6) is -0.206. The fraction of sp³-hybridized carbons (Fsp3) is 0.579. The number of rotatable bonds is 9. The number of anilines is 1. The Hall–Kier alpha value is -3.37. The van der Waals surface area contributed by atoms with Gasteiger partial charge in [0, 0.05) is 13.0 Å². The average molecular weight is 632 g/mol. The second kappa shape index (κ2) is 11.0. The van der Waals surface area contributed by atoms with Crippen molar-refractivity contribution in [3.05, 3.63) is 27.0 Å². The molecular formula is C19H23FN11O9PS. The van der Waals surface area contributed by atoms with Crippen molar-refractivity contribution < 1.29 is 37.7 Å². The summed E-state index contributed by atoms with van der Waals surface area (Å²) < 4.78 is 52.8. The van der Waals surface area contributed by atoms with Crippen molar-refractivity contribution in [2.45, 2.75) is 55.9 Å². The van der Waals surface area contributed by atoms with Crippen LogP contribution in [0, 0.1) is 0 Å². The minimum Gasteiger partial charge on any atom is -0.396 e. The van der Waals surface area contributed by atoms with Gasteiger partial charge in [-0.25, -0.2) is 13.9 Å². The molecule has 6 N–H and O–H groups in total. The number of H-pyrrole nitrogens is 2. The number of aromatic nitrogens is 10. The van der Waals surface area contributed by atoms with Gasteiger partial charge in [0.1, 0.15) is 18.3 Å². The van der Waals surface area contributed by atoms with E-state index in [9.17, 15) is 24.4 Å². The zero-order valence-corrected chi connectivity index (χ0v) is 22.9. The van der Waals surface area contributed by atoms with Crippen LogP contribution < -0.4 is 16.9 Å². The molecule has 0 bridgehead atoms. The van der Waals surface area contributed by atoms with Gasteiger partial charge < -0.3 is 30.4 Å². The molecule has 20 nitrogen and oxygen atoms in total. The van der Waals surface area contributed by atoms with Gasteiger partial charge in [-0.05, 0) is 6.42 Å². The fourth-order valence-corrected chi connectivity index (χ4v) is 6.23. The van der Waals surface area contributed by atoms with Crippen LogP contribution in [0.1, 0.15) is 25.3 Å². The Labute approximate surface area is 237 Å². The molecule has 0 radical (unpaired) electrons. The van der Waals surface area contributed by atoms with Crippen LogP contribution in [-0.2, 0) is 23.1 Å². The summed E-state index contributed by atoms with van der Waals surface area (Å²) in [4.78, 5) is 36.7. The number of nitrogens with one attached hydrogen (secondary N) is 2. The number of ether oxygens (including phenoxy) is 2. The Bertz CT molecular complexity index is 1780. The van der Waals surface area contributed by atoms with Crippen LogP contribution in [-0.4, -0.2) is 104 Å². The second-order valence-corrected chi connectivity index (χ2v) is 12.3. The topological polar surface area (TPSA) is 273 Å². The van der Waals surface area contributed by atoms with E-state index in [1.807, 2.05) is 0 Å². The first kappa shape index (κ1) is 28.7. The summed E-state index contributed by atoms with van der Waals surface area (Å²) in [6.07, 6.45) is -8.07. The van der Waals surface area contributed by atoms with Crippen molar-refractivity contribution in [3.63, 3.8) is 0 Å². The minimum atomic E-state index is -4.26. The average Bonchev–Trinajstić information content (AvgIpc) is 3.70. The van der Waals surface area contributed by atoms with Crippen LogP contribution in [0.5, 0.6) is 0 Å². The Morgan fingerprint density at radius 1 is 1.17 bits per heavy atom. The predicted molar refractivity (Wildman–Crippen MR) is 139 cm³/mol. The van der Waals surface area contributed by atoms with E-state index in [-0.39, 0.29) is 47.7 Å². The Balaban J connectivity index is 1.17. The number of fused-ring (bicyclic) bond motifs is 2. The maximum Gasteiger partial charge on any atom is 0.386 e. The molecular weight excluding hydrogens is 608 g/mol. The molecule has 2 aliphatic heterocycles. The predicted octanol–water partition coefficient (Wildman–Crippen LogP) is -1.67. The van der Waals surface area contributed by atoms with E-state index in [0.29, 0.717) is 0 Å². The lowest BCUT2D eigenvalue weighted by Gasteiger charge is -2.23. The molecule has 1 unspecified atom stereocenters. The van der Waals surface area contributed by atoms with Gasteiger partial charge in [-0.3, -0.25) is 23.6 Å². The van der Waals surface area contributed by atoms with Gasteiger partial charge in [0.25, 0.3) is 11.1 Å². The lowest BCUT2D eigenvalue weighted by atomic mass is 10.1. The molecule has 0 aliphatic carbocycles. The lowest BCUT2D eigenvalue weighted by molar-refractivity contribution is -0.0554. The van der Waals surface area contributed by atoms with Crippen molar-refractivity contribution in [1.82, 2.24) is 49.9 Å². The second-order valence-electron chi connectivity index (χ2n) is 9.40. The summed E-state index contributed by atoms with van der Waals surface area (Å²) >= 11 is 4.02. The molecule has 6 rings (SSSR count). The SMILES string of the molecule is Nc1nc2c(nnn2[C@@H]2O[C@H](CCO)C[C@H]2OP(=O)(S)OC[C@H]2O[C@@H](n3nnc4c(=O)[nH]cnc43)[C@@H](F)[C@@H]2O)c(=O)[nH]1. The smallest absolute Gasteiger partial charge is 0.386 e. The Morgan fingerprint density at radius 3 is 2.62 bits per heavy atom. The molecule has 8 atom stereocenters. The molecule has 2 aliphatic rings. The molecule has 0 spiro atoms. The van der Waals surface area contributed by atoms with Crippen LogP contribution in [0.15, 0.2) is 15.9 Å². The number of nitrogen functional groups attached to an aromatic ring is 1. The van der Waals surface area contributed by atoms with E-state index in [0.717, 1.165) is 15.7 Å². The summed E-state index contributed by atoms with van der Waals surface area (Å²) in [6.45, 7) is -5.11. The van der Waals surface area contributed by atoms with Gasteiger partial charge in [0.05, 0.1) is 19.0 Å². The van der Waals surface area contributed by atoms with E-state index in [2.05, 4.69) is 52.8 Å². The van der Waals surface area contributed by atoms with Gasteiger partial charge in [0.2, 0.25) is 5.95 Å². The van der Waals surface area contributed by atoms with Crippen LogP contribution in [0.4, 0.5) is 10.3 Å². The molecule has 4 aromatic heterocycles. The normalized spacial score (nSPS) is 29.5. The Kier molecular flexibility index (Phi) is 7.55. The van der Waals surface area contributed by atoms with Crippen LogP contribution >= 0.6 is 19.0 Å². The summed E-state index contributed by atoms with van der Waals surface area (Å²) in [6, 6.07) is 0. The summed E-state index contributed by atoms with van der Waals surface area (Å²) in [5, 5.41) is 34.9. The molecule has 2 fully saturated rings. The summed E-state index contributed by atoms with van der Waals surface area (Å²) in [7, 11) is 0. The highest BCUT2D eigenvalue weighted by Crippen LogP contribution is 2.57. The van der Waals surface area contributed by atoms with Crippen molar-refractivity contribution in [3.8, 4) is 0 Å². The van der Waals surface area contributed by atoms with E-state index in [1.165, 1.54) is 0 Å². The molecule has 0 aromatic carbocycles. The first-order chi connectivity index (χ1) is 20.1. The van der Waals surface area contributed by atoms with Gasteiger partial charge in [-0.2, -0.15) is 14.3 Å². The zero-order valence-electron chi connectivity index (χ0n) is 21.1. The number of nitrogens with two attached hydrogens (primary N) is 1. The quantitative estimate of drug-likeness (QED) is 0.0890. The number of hydrogen-bond donors (Lipinski definition) is 6. The highest BCUT2D eigenvalue weighted by Gasteiger charge is 2.48. The van der Waals surface area contributed by atoms with Crippen LogP contribution in [0.2, 0.25) is 0 Å². The Morgan fingerprint density at radius 2 is 1.88 bits per heavy atom. The third kappa shape index (κ3) is 5.19. The highest BCUT2D eigenvalue weighted by atomic mass is 32.7. The zero-order chi connectivity index (χ0) is 29.8. The van der Waals surface area contributed by atoms with Crippen LogP contribution in [0.3, 0.4) is 0 Å². The van der Waals surface area contributed by atoms with Crippen molar-refractivity contribution in [2.24, 2.45) is 0 Å². The van der Waals surface area contributed by atoms with Gasteiger partial charge in [-0.15, -0.1) is 10.2 Å². The third-order valence-electron chi connectivity index (χ3n) is 6.66. The highest BCUT2D eigenvalue weighted by molar-refractivity contribution is 8.44. The molecule has 6 heterocycles. The van der Waals surface area contributed by atoms with E-state index in [1.54, 1.807) is 0 Å². The van der Waals surface area contributed by atoms with Crippen LogP contribution in [0.25, 0.3) is 22.3 Å². The van der Waals surface area contributed by atoms with Crippen molar-refractivity contribution >= 4 is 47.3 Å². The molecule has 226 valence electrons. The van der Waals surface area contributed by atoms with Crippen molar-refractivity contribution in [1.29, 1.82) is 0 Å². The monoisotopic (exact) mass is 631 g/mol. The molecule has 2 saturated heterocycles. The first-order valence-corrected chi connectivity index (χ1v) is 15.0. The first-order valence-electron chi connectivity index (χ1n) is 12.3. The number of hydrogen-bond acceptors (Lipinski definition) is 16. The number of aliphatic hydroxyl groups excluding tert-OH is 2. The molecule has 0 amide bonds. The number of alkyl halides is 1. The fourth-order valence-electron chi connectivity index (χ4n) is 4.74. The number of aliphatic hydroxyl groups is 2. The summed E-state index contributed by atoms with van der Waals surface area (Å²) in [5.41, 5.74) is 4.00. The number of nitrogens with zero attached hydrogens (tertiary/aromatic N) is 8. The van der Waals surface area contributed by atoms with Gasteiger partial charge in [-0.1, -0.05) is 22.7 Å². The maximum absolute atomic E-state index is 15.0. The third-order valence-corrected chi connectivity index (χ3v) is 8.30. The molecule has 42 heavy (non-hydrogen) atoms. The van der Waals surface area contributed by atoms with E-state index < -0.39 is 67.6 Å². The molecule has 23 heteroatoms. The lowest BCUT2D eigenvalue weighted by Crippen LogP contribution is -2.31. The largest absolute Gasteiger partial charge is 0.396 e.